The Morgan fingerprint density at radius 2 is 2.56 bits per heavy atom. The smallest absolute Gasteiger partial charge is 0.115 e. The van der Waals surface area contributed by atoms with E-state index in [1.165, 1.54) is 10.7 Å². The average molecular weight is 151 g/mol. The molecule has 1 aliphatic rings. The lowest BCUT2D eigenvalue weighted by molar-refractivity contribution is -0.0262. The molecule has 1 N–H and O–H groups in total. The monoisotopic (exact) mass is 151 g/mol. The van der Waals surface area contributed by atoms with Crippen LogP contribution in [0.4, 0.5) is 0 Å². The Balaban J connectivity index is 2.39. The summed E-state index contributed by atoms with van der Waals surface area (Å²) in [5, 5.41) is 8.85. The zero-order valence-electron chi connectivity index (χ0n) is 5.11. The Kier molecular flexibility index (Phi) is 2.18. The van der Waals surface area contributed by atoms with Gasteiger partial charge in [0.25, 0.3) is 0 Å². The zero-order valence-corrected chi connectivity index (χ0v) is 5.93. The Morgan fingerprint density at radius 3 is 2.78 bits per heavy atom. The Morgan fingerprint density at radius 1 is 1.89 bits per heavy atom. The minimum atomic E-state index is -1.11. The van der Waals surface area contributed by atoms with Crippen molar-refractivity contribution in [1.29, 1.82) is 0 Å². The number of hydrogen-bond acceptors (Lipinski definition) is 3. The van der Waals surface area contributed by atoms with Gasteiger partial charge in [0, 0.05) is 6.26 Å². The molecule has 2 unspecified atom stereocenters. The van der Waals surface area contributed by atoms with Crippen molar-refractivity contribution in [2.75, 3.05) is 19.4 Å². The van der Waals surface area contributed by atoms with Crippen molar-refractivity contribution in [3.8, 4) is 0 Å². The lowest BCUT2D eigenvalue weighted by Gasteiger charge is -2.06. The molecule has 0 amide bonds. The summed E-state index contributed by atoms with van der Waals surface area (Å²) < 4.78 is 11.9. The first-order valence-electron chi connectivity index (χ1n) is 2.62. The molecule has 1 rings (SSSR count). The highest BCUT2D eigenvalue weighted by atomic mass is 32.2. The molecule has 0 bridgehead atoms. The second kappa shape index (κ2) is 2.74. The molecule has 9 heavy (non-hydrogen) atoms. The van der Waals surface area contributed by atoms with Crippen molar-refractivity contribution in [1.82, 2.24) is 4.47 Å². The van der Waals surface area contributed by atoms with Crippen LogP contribution >= 0.6 is 0 Å². The van der Waals surface area contributed by atoms with E-state index in [1.54, 1.807) is 0 Å². The second-order valence-electron chi connectivity index (χ2n) is 1.89. The summed E-state index contributed by atoms with van der Waals surface area (Å²) >= 11 is 0. The fourth-order valence-electron chi connectivity index (χ4n) is 0.626. The summed E-state index contributed by atoms with van der Waals surface area (Å²) in [4.78, 5) is 4.81. The van der Waals surface area contributed by atoms with E-state index in [4.69, 9.17) is 9.94 Å². The zero-order chi connectivity index (χ0) is 6.85. The van der Waals surface area contributed by atoms with E-state index >= 15 is 0 Å². The maximum atomic E-state index is 10.6. The van der Waals surface area contributed by atoms with Crippen molar-refractivity contribution >= 4 is 11.0 Å². The summed E-state index contributed by atoms with van der Waals surface area (Å²) in [6, 6.07) is 0. The van der Waals surface area contributed by atoms with Gasteiger partial charge in [-0.05, 0) is 0 Å². The molecule has 0 aliphatic carbocycles. The van der Waals surface area contributed by atoms with E-state index < -0.39 is 17.1 Å². The van der Waals surface area contributed by atoms with E-state index in [1.807, 2.05) is 0 Å². The van der Waals surface area contributed by atoms with Crippen LogP contribution < -0.4 is 0 Å². The maximum absolute atomic E-state index is 10.6. The summed E-state index contributed by atoms with van der Waals surface area (Å²) in [6.07, 6.45) is 1.03. The van der Waals surface area contributed by atoms with Crippen LogP contribution in [-0.4, -0.2) is 39.3 Å². The van der Waals surface area contributed by atoms with Crippen molar-refractivity contribution < 1.29 is 14.2 Å². The molecule has 0 spiro atoms. The summed E-state index contributed by atoms with van der Waals surface area (Å²) in [5.41, 5.74) is 0. The SMILES string of the molecule is CS(=O)N1CC(O)CO1. The quantitative estimate of drug-likeness (QED) is 0.517. The van der Waals surface area contributed by atoms with E-state index in [0.717, 1.165) is 0 Å². The third-order valence-corrected chi connectivity index (χ3v) is 1.89. The molecule has 1 fully saturated rings. The van der Waals surface area contributed by atoms with Crippen LogP contribution in [0.15, 0.2) is 0 Å². The van der Waals surface area contributed by atoms with Gasteiger partial charge in [-0.15, -0.1) is 4.47 Å². The van der Waals surface area contributed by atoms with Gasteiger partial charge in [-0.2, -0.15) is 0 Å². The summed E-state index contributed by atoms with van der Waals surface area (Å²) in [6.45, 7) is 0.614. The van der Waals surface area contributed by atoms with E-state index in [9.17, 15) is 4.21 Å². The van der Waals surface area contributed by atoms with Crippen LogP contribution in [0.3, 0.4) is 0 Å². The van der Waals surface area contributed by atoms with Crippen LogP contribution in [0.25, 0.3) is 0 Å². The molecule has 5 heteroatoms. The van der Waals surface area contributed by atoms with Crippen molar-refractivity contribution in [2.45, 2.75) is 6.10 Å². The molecule has 0 aromatic heterocycles. The summed E-state index contributed by atoms with van der Waals surface area (Å²) in [7, 11) is -1.11. The molecular formula is C4H9NO3S. The Labute approximate surface area is 56.0 Å². The fourth-order valence-corrected chi connectivity index (χ4v) is 1.22. The number of aliphatic hydroxyl groups excluding tert-OH is 1. The first-order chi connectivity index (χ1) is 4.20. The van der Waals surface area contributed by atoms with Gasteiger partial charge in [-0.25, -0.2) is 4.21 Å². The molecule has 1 heterocycles. The maximum Gasteiger partial charge on any atom is 0.115 e. The molecular weight excluding hydrogens is 142 g/mol. The van der Waals surface area contributed by atoms with Gasteiger partial charge in [0.1, 0.15) is 11.0 Å². The number of hydroxylamine groups is 1. The molecule has 1 saturated heterocycles. The third-order valence-electron chi connectivity index (χ3n) is 1.06. The fraction of sp³-hybridized carbons (Fsp3) is 1.00. The van der Waals surface area contributed by atoms with Crippen LogP contribution in [0.2, 0.25) is 0 Å². The standard InChI is InChI=1S/C4H9NO3S/c1-9(7)5-2-4(6)3-8-5/h4,6H,2-3H2,1H3. The minimum absolute atomic E-state index is 0.263. The van der Waals surface area contributed by atoms with E-state index in [0.29, 0.717) is 6.54 Å². The predicted molar refractivity (Wildman–Crippen MR) is 32.7 cm³/mol. The Bertz CT molecular complexity index is 129. The molecule has 0 radical (unpaired) electrons. The van der Waals surface area contributed by atoms with Crippen molar-refractivity contribution in [3.63, 3.8) is 0 Å². The lowest BCUT2D eigenvalue weighted by atomic mass is 10.4. The lowest BCUT2D eigenvalue weighted by Crippen LogP contribution is -2.22. The predicted octanol–water partition coefficient (Wildman–Crippen LogP) is -1.11. The van der Waals surface area contributed by atoms with Gasteiger partial charge >= 0.3 is 0 Å². The molecule has 0 aromatic rings. The highest BCUT2D eigenvalue weighted by Crippen LogP contribution is 2.05. The second-order valence-corrected chi connectivity index (χ2v) is 3.14. The van der Waals surface area contributed by atoms with Crippen LogP contribution in [-0.2, 0) is 15.8 Å². The normalized spacial score (nSPS) is 32.9. The van der Waals surface area contributed by atoms with Gasteiger partial charge in [-0.1, -0.05) is 0 Å². The van der Waals surface area contributed by atoms with Crippen molar-refractivity contribution in [2.24, 2.45) is 0 Å². The summed E-state index contributed by atoms with van der Waals surface area (Å²) in [5.74, 6) is 0. The van der Waals surface area contributed by atoms with E-state index in [2.05, 4.69) is 0 Å². The molecule has 54 valence electrons. The molecule has 0 saturated carbocycles. The van der Waals surface area contributed by atoms with Gasteiger partial charge in [0.15, 0.2) is 0 Å². The van der Waals surface area contributed by atoms with Crippen molar-refractivity contribution in [3.05, 3.63) is 0 Å². The van der Waals surface area contributed by atoms with Gasteiger partial charge in [0.05, 0.1) is 19.3 Å². The Hall–Kier alpha value is 0.0300. The molecule has 1 aliphatic heterocycles. The third kappa shape index (κ3) is 1.72. The van der Waals surface area contributed by atoms with Gasteiger partial charge < -0.3 is 5.11 Å². The van der Waals surface area contributed by atoms with Gasteiger partial charge in [-0.3, -0.25) is 4.84 Å². The van der Waals surface area contributed by atoms with Gasteiger partial charge in [0.2, 0.25) is 0 Å². The number of rotatable bonds is 1. The van der Waals surface area contributed by atoms with Crippen LogP contribution in [0.5, 0.6) is 0 Å². The first-order valence-corrected chi connectivity index (χ1v) is 4.13. The number of aliphatic hydroxyl groups is 1. The first kappa shape index (κ1) is 7.14. The molecule has 4 nitrogen and oxygen atoms in total. The van der Waals surface area contributed by atoms with Crippen LogP contribution in [0, 0.1) is 0 Å². The number of β-amino-alcohol motifs (C(OH)–C–C–N with tert-alkyl or cyclic N) is 1. The van der Waals surface area contributed by atoms with E-state index in [-0.39, 0.29) is 6.61 Å². The average Bonchev–Trinajstić information content (AvgIpc) is 2.14. The minimum Gasteiger partial charge on any atom is -0.389 e. The topological polar surface area (TPSA) is 49.8 Å². The number of nitrogens with zero attached hydrogens (tertiary/aromatic N) is 1. The largest absolute Gasteiger partial charge is 0.389 e. The number of hydrogen-bond donors (Lipinski definition) is 1. The highest BCUT2D eigenvalue weighted by molar-refractivity contribution is 7.81. The molecule has 2 atom stereocenters. The molecule has 0 aromatic carbocycles. The highest BCUT2D eigenvalue weighted by Gasteiger charge is 2.23. The van der Waals surface area contributed by atoms with Crippen LogP contribution in [0.1, 0.15) is 0 Å².